The molecule has 0 atom stereocenters. The van der Waals surface area contributed by atoms with Gasteiger partial charge in [0.15, 0.2) is 0 Å². The predicted octanol–water partition coefficient (Wildman–Crippen LogP) is 4.69. The molecule has 0 aliphatic carbocycles. The monoisotopic (exact) mass is 461 g/mol. The normalized spacial score (nSPS) is 10.8. The molecule has 1 aromatic carbocycles. The average Bonchev–Trinajstić information content (AvgIpc) is 3.13. The van der Waals surface area contributed by atoms with Gasteiger partial charge in [-0.05, 0) is 42.7 Å². The molecule has 5 nitrogen and oxygen atoms in total. The van der Waals surface area contributed by atoms with E-state index in [1.807, 2.05) is 30.0 Å². The smallest absolute Gasteiger partial charge is 0.242 e. The molecule has 0 saturated heterocycles. The molecule has 158 valence electrons. The molecule has 2 amide bonds. The zero-order valence-corrected chi connectivity index (χ0v) is 19.3. The molecule has 0 spiro atoms. The van der Waals surface area contributed by atoms with Gasteiger partial charge in [-0.1, -0.05) is 48.3 Å². The number of unbranched alkanes of at least 4 members (excludes halogenated alkanes) is 1. The summed E-state index contributed by atoms with van der Waals surface area (Å²) < 4.78 is 3.25. The molecule has 0 radical (unpaired) electrons. The number of nitrogens with zero attached hydrogens (tertiary/aromatic N) is 3. The molecule has 1 heterocycles. The van der Waals surface area contributed by atoms with Crippen LogP contribution in [0, 0.1) is 0 Å². The van der Waals surface area contributed by atoms with Gasteiger partial charge in [-0.3, -0.25) is 9.59 Å². The summed E-state index contributed by atoms with van der Waals surface area (Å²) in [6.45, 7) is 8.46. The van der Waals surface area contributed by atoms with Crippen LogP contribution in [0.2, 0.25) is 0 Å². The van der Waals surface area contributed by atoms with E-state index in [2.05, 4.69) is 51.8 Å². The summed E-state index contributed by atoms with van der Waals surface area (Å²) >= 11 is 3.47. The molecule has 2 aromatic rings. The Labute approximate surface area is 182 Å². The lowest BCUT2D eigenvalue weighted by atomic mass is 10.2. The third-order valence-electron chi connectivity index (χ3n) is 4.94. The molecule has 2 rings (SSSR count). The van der Waals surface area contributed by atoms with Crippen molar-refractivity contribution in [1.29, 1.82) is 0 Å². The van der Waals surface area contributed by atoms with Gasteiger partial charge in [0.25, 0.3) is 0 Å². The first-order valence-corrected chi connectivity index (χ1v) is 11.2. The Morgan fingerprint density at radius 1 is 1.00 bits per heavy atom. The van der Waals surface area contributed by atoms with Gasteiger partial charge in [-0.15, -0.1) is 0 Å². The van der Waals surface area contributed by atoms with Crippen LogP contribution in [0.5, 0.6) is 0 Å². The standard InChI is InChI=1S/C23H32BrN3O2/c1-4-6-14-27(23(29)18-25(13-5-2)19(3)28)17-22-8-7-15-26(22)16-20-9-11-21(24)12-10-20/h7-12,15H,4-6,13-14,16-18H2,1-3H3. The van der Waals surface area contributed by atoms with E-state index in [-0.39, 0.29) is 18.4 Å². The van der Waals surface area contributed by atoms with Crippen molar-refractivity contribution < 1.29 is 9.59 Å². The van der Waals surface area contributed by atoms with Crippen molar-refractivity contribution in [2.75, 3.05) is 19.6 Å². The topological polar surface area (TPSA) is 45.6 Å². The minimum atomic E-state index is -0.0470. The molecule has 1 aromatic heterocycles. The number of carbonyl (C=O) groups is 2. The number of carbonyl (C=O) groups excluding carboxylic acids is 2. The van der Waals surface area contributed by atoms with E-state index in [0.29, 0.717) is 19.6 Å². The van der Waals surface area contributed by atoms with Gasteiger partial charge in [0, 0.05) is 42.9 Å². The van der Waals surface area contributed by atoms with Crippen LogP contribution in [0.1, 0.15) is 51.3 Å². The van der Waals surface area contributed by atoms with E-state index in [9.17, 15) is 9.59 Å². The number of rotatable bonds is 11. The Hall–Kier alpha value is -2.08. The number of benzene rings is 1. The van der Waals surface area contributed by atoms with Crippen molar-refractivity contribution in [3.05, 3.63) is 58.3 Å². The molecule has 0 aliphatic heterocycles. The van der Waals surface area contributed by atoms with Crippen LogP contribution in [0.3, 0.4) is 0 Å². The number of hydrogen-bond acceptors (Lipinski definition) is 2. The number of halogens is 1. The number of hydrogen-bond donors (Lipinski definition) is 0. The van der Waals surface area contributed by atoms with Gasteiger partial charge in [-0.25, -0.2) is 0 Å². The SMILES string of the molecule is CCCCN(Cc1cccn1Cc1ccc(Br)cc1)C(=O)CN(CCC)C(C)=O. The largest absolute Gasteiger partial charge is 0.345 e. The summed E-state index contributed by atoms with van der Waals surface area (Å²) in [5.74, 6) is -0.0345. The van der Waals surface area contributed by atoms with Crippen LogP contribution in [0.15, 0.2) is 47.1 Å². The highest BCUT2D eigenvalue weighted by molar-refractivity contribution is 9.10. The van der Waals surface area contributed by atoms with Crippen LogP contribution in [0.4, 0.5) is 0 Å². The van der Waals surface area contributed by atoms with Crippen molar-refractivity contribution in [2.45, 2.75) is 53.1 Å². The van der Waals surface area contributed by atoms with Crippen molar-refractivity contribution in [3.63, 3.8) is 0 Å². The number of amides is 2. The molecule has 29 heavy (non-hydrogen) atoms. The fourth-order valence-electron chi connectivity index (χ4n) is 3.25. The summed E-state index contributed by atoms with van der Waals surface area (Å²) in [4.78, 5) is 28.4. The summed E-state index contributed by atoms with van der Waals surface area (Å²) in [5.41, 5.74) is 2.31. The molecular formula is C23H32BrN3O2. The first-order chi connectivity index (χ1) is 13.9. The summed E-state index contributed by atoms with van der Waals surface area (Å²) in [7, 11) is 0. The number of aromatic nitrogens is 1. The van der Waals surface area contributed by atoms with E-state index in [4.69, 9.17) is 0 Å². The Bertz CT molecular complexity index is 786. The summed E-state index contributed by atoms with van der Waals surface area (Å²) in [6, 6.07) is 12.4. The minimum Gasteiger partial charge on any atom is -0.345 e. The van der Waals surface area contributed by atoms with Crippen molar-refractivity contribution >= 4 is 27.7 Å². The maximum atomic E-state index is 13.0. The van der Waals surface area contributed by atoms with E-state index in [1.165, 1.54) is 12.5 Å². The Morgan fingerprint density at radius 2 is 1.72 bits per heavy atom. The van der Waals surface area contributed by atoms with E-state index >= 15 is 0 Å². The Morgan fingerprint density at radius 3 is 2.34 bits per heavy atom. The fraction of sp³-hybridized carbons (Fsp3) is 0.478. The molecule has 0 N–H and O–H groups in total. The molecule has 0 fully saturated rings. The second-order valence-electron chi connectivity index (χ2n) is 7.36. The second-order valence-corrected chi connectivity index (χ2v) is 8.28. The van der Waals surface area contributed by atoms with Gasteiger partial charge in [0.1, 0.15) is 0 Å². The van der Waals surface area contributed by atoms with E-state index in [1.54, 1.807) is 4.90 Å². The van der Waals surface area contributed by atoms with Gasteiger partial charge in [0.05, 0.1) is 13.1 Å². The highest BCUT2D eigenvalue weighted by Crippen LogP contribution is 2.15. The maximum absolute atomic E-state index is 13.0. The Balaban J connectivity index is 2.11. The summed E-state index contributed by atoms with van der Waals surface area (Å²) in [6.07, 6.45) is 4.87. The third kappa shape index (κ3) is 7.35. The second kappa shape index (κ2) is 11.8. The van der Waals surface area contributed by atoms with Gasteiger partial charge in [-0.2, -0.15) is 0 Å². The first-order valence-electron chi connectivity index (χ1n) is 10.4. The molecule has 0 saturated carbocycles. The zero-order chi connectivity index (χ0) is 21.2. The van der Waals surface area contributed by atoms with Gasteiger partial charge >= 0.3 is 0 Å². The first kappa shape index (κ1) is 23.2. The molecule has 0 unspecified atom stereocenters. The fourth-order valence-corrected chi connectivity index (χ4v) is 3.52. The molecular weight excluding hydrogens is 430 g/mol. The van der Waals surface area contributed by atoms with E-state index < -0.39 is 0 Å². The van der Waals surface area contributed by atoms with Crippen LogP contribution in [-0.2, 0) is 22.7 Å². The minimum absolute atomic E-state index is 0.0125. The van der Waals surface area contributed by atoms with Gasteiger partial charge in [0.2, 0.25) is 11.8 Å². The van der Waals surface area contributed by atoms with Crippen LogP contribution in [0.25, 0.3) is 0 Å². The van der Waals surface area contributed by atoms with E-state index in [0.717, 1.165) is 36.0 Å². The average molecular weight is 462 g/mol. The lowest BCUT2D eigenvalue weighted by molar-refractivity contribution is -0.140. The van der Waals surface area contributed by atoms with Gasteiger partial charge < -0.3 is 14.4 Å². The summed E-state index contributed by atoms with van der Waals surface area (Å²) in [5, 5.41) is 0. The highest BCUT2D eigenvalue weighted by Gasteiger charge is 2.19. The zero-order valence-electron chi connectivity index (χ0n) is 17.7. The van der Waals surface area contributed by atoms with Crippen molar-refractivity contribution in [2.24, 2.45) is 0 Å². The lowest BCUT2D eigenvalue weighted by Gasteiger charge is -2.27. The van der Waals surface area contributed by atoms with Crippen LogP contribution in [-0.4, -0.2) is 45.8 Å². The maximum Gasteiger partial charge on any atom is 0.242 e. The molecule has 0 aliphatic rings. The lowest BCUT2D eigenvalue weighted by Crippen LogP contribution is -2.42. The molecule has 0 bridgehead atoms. The quantitative estimate of drug-likeness (QED) is 0.487. The Kier molecular flexibility index (Phi) is 9.45. The van der Waals surface area contributed by atoms with Crippen molar-refractivity contribution in [3.8, 4) is 0 Å². The van der Waals surface area contributed by atoms with Crippen LogP contribution < -0.4 is 0 Å². The third-order valence-corrected chi connectivity index (χ3v) is 5.47. The van der Waals surface area contributed by atoms with Crippen molar-refractivity contribution in [1.82, 2.24) is 14.4 Å². The predicted molar refractivity (Wildman–Crippen MR) is 121 cm³/mol. The molecule has 6 heteroatoms. The van der Waals surface area contributed by atoms with Crippen LogP contribution >= 0.6 is 15.9 Å². The highest BCUT2D eigenvalue weighted by atomic mass is 79.9.